The summed E-state index contributed by atoms with van der Waals surface area (Å²) in [6, 6.07) is 2.39. The summed E-state index contributed by atoms with van der Waals surface area (Å²) >= 11 is 0. The van der Waals surface area contributed by atoms with E-state index in [0.717, 1.165) is 6.42 Å². The zero-order valence-corrected chi connectivity index (χ0v) is 9.21. The Morgan fingerprint density at radius 3 is 2.44 bits per heavy atom. The molecular weight excluding hydrogens is 212 g/mol. The van der Waals surface area contributed by atoms with Gasteiger partial charge in [0.1, 0.15) is 17.3 Å². The van der Waals surface area contributed by atoms with Gasteiger partial charge < -0.3 is 10.0 Å². The molecule has 2 nitrogen and oxygen atoms in total. The third-order valence-electron chi connectivity index (χ3n) is 3.00. The molecule has 0 radical (unpaired) electrons. The van der Waals surface area contributed by atoms with Crippen LogP contribution in [0.25, 0.3) is 0 Å². The minimum absolute atomic E-state index is 0.0431. The highest BCUT2D eigenvalue weighted by atomic mass is 19.1. The first-order chi connectivity index (χ1) is 7.61. The van der Waals surface area contributed by atoms with E-state index in [-0.39, 0.29) is 17.9 Å². The van der Waals surface area contributed by atoms with E-state index in [0.29, 0.717) is 19.0 Å². The van der Waals surface area contributed by atoms with Crippen LogP contribution in [0.4, 0.5) is 14.5 Å². The van der Waals surface area contributed by atoms with Gasteiger partial charge in [-0.3, -0.25) is 0 Å². The van der Waals surface area contributed by atoms with Gasteiger partial charge in [-0.15, -0.1) is 0 Å². The van der Waals surface area contributed by atoms with Crippen LogP contribution in [0.1, 0.15) is 18.9 Å². The van der Waals surface area contributed by atoms with Crippen molar-refractivity contribution in [3.8, 4) is 0 Å². The van der Waals surface area contributed by atoms with Crippen LogP contribution < -0.4 is 4.90 Å². The molecule has 1 N–H and O–H groups in total. The summed E-state index contributed by atoms with van der Waals surface area (Å²) in [4.78, 5) is 1.73. The van der Waals surface area contributed by atoms with Crippen molar-refractivity contribution in [3.05, 3.63) is 29.3 Å². The molecule has 0 bridgehead atoms. The van der Waals surface area contributed by atoms with Gasteiger partial charge in [-0.05, 0) is 30.0 Å². The van der Waals surface area contributed by atoms with Gasteiger partial charge in [-0.1, -0.05) is 6.92 Å². The fourth-order valence-corrected chi connectivity index (χ4v) is 2.15. The van der Waals surface area contributed by atoms with E-state index in [9.17, 15) is 8.78 Å². The van der Waals surface area contributed by atoms with Crippen molar-refractivity contribution in [3.63, 3.8) is 0 Å². The lowest BCUT2D eigenvalue weighted by Crippen LogP contribution is -2.22. The lowest BCUT2D eigenvalue weighted by atomic mass is 10.1. The molecule has 1 unspecified atom stereocenters. The Balaban J connectivity index is 2.34. The molecule has 1 aromatic rings. The number of aliphatic hydroxyl groups is 1. The average Bonchev–Trinajstić information content (AvgIpc) is 2.63. The van der Waals surface area contributed by atoms with Crippen LogP contribution >= 0.6 is 0 Å². The first-order valence-corrected chi connectivity index (χ1v) is 5.45. The van der Waals surface area contributed by atoms with Crippen molar-refractivity contribution < 1.29 is 13.9 Å². The number of rotatable bonds is 2. The van der Waals surface area contributed by atoms with Crippen LogP contribution in [-0.2, 0) is 6.61 Å². The highest BCUT2D eigenvalue weighted by molar-refractivity contribution is 5.51. The van der Waals surface area contributed by atoms with Gasteiger partial charge in [-0.25, -0.2) is 8.78 Å². The second-order valence-corrected chi connectivity index (χ2v) is 4.41. The minimum Gasteiger partial charge on any atom is -0.392 e. The quantitative estimate of drug-likeness (QED) is 0.838. The molecule has 16 heavy (non-hydrogen) atoms. The van der Waals surface area contributed by atoms with Gasteiger partial charge in [0.25, 0.3) is 0 Å². The molecule has 0 aliphatic carbocycles. The second kappa shape index (κ2) is 4.37. The molecule has 2 rings (SSSR count). The molecule has 4 heteroatoms. The van der Waals surface area contributed by atoms with Crippen LogP contribution in [-0.4, -0.2) is 18.2 Å². The van der Waals surface area contributed by atoms with E-state index in [1.165, 1.54) is 12.1 Å². The number of benzene rings is 1. The van der Waals surface area contributed by atoms with Crippen LogP contribution in [0, 0.1) is 17.6 Å². The smallest absolute Gasteiger partial charge is 0.149 e. The Labute approximate surface area is 93.5 Å². The minimum atomic E-state index is -0.585. The lowest BCUT2D eigenvalue weighted by molar-refractivity contribution is 0.280. The van der Waals surface area contributed by atoms with E-state index in [1.807, 2.05) is 0 Å². The van der Waals surface area contributed by atoms with E-state index >= 15 is 0 Å². The molecule has 0 spiro atoms. The van der Waals surface area contributed by atoms with Gasteiger partial charge in [-0.2, -0.15) is 0 Å². The molecule has 1 aromatic carbocycles. The summed E-state index contributed by atoms with van der Waals surface area (Å²) in [5, 5.41) is 8.84. The maximum absolute atomic E-state index is 13.7. The molecular formula is C12H15F2NO. The van der Waals surface area contributed by atoms with Gasteiger partial charge in [0.2, 0.25) is 0 Å². The number of aliphatic hydroxyl groups excluding tert-OH is 1. The number of nitrogens with zero attached hydrogens (tertiary/aromatic N) is 1. The molecule has 88 valence electrons. The monoisotopic (exact) mass is 227 g/mol. The van der Waals surface area contributed by atoms with E-state index in [1.54, 1.807) is 4.90 Å². The maximum Gasteiger partial charge on any atom is 0.149 e. The van der Waals surface area contributed by atoms with Crippen molar-refractivity contribution >= 4 is 5.69 Å². The third kappa shape index (κ3) is 2.02. The van der Waals surface area contributed by atoms with Gasteiger partial charge >= 0.3 is 0 Å². The van der Waals surface area contributed by atoms with Crippen LogP contribution in [0.2, 0.25) is 0 Å². The predicted octanol–water partition coefficient (Wildman–Crippen LogP) is 2.30. The predicted molar refractivity (Wildman–Crippen MR) is 58.3 cm³/mol. The van der Waals surface area contributed by atoms with Gasteiger partial charge in [0.15, 0.2) is 0 Å². The van der Waals surface area contributed by atoms with Crippen molar-refractivity contribution in [2.24, 2.45) is 5.92 Å². The van der Waals surface area contributed by atoms with Crippen LogP contribution in [0.5, 0.6) is 0 Å². The zero-order valence-electron chi connectivity index (χ0n) is 9.21. The summed E-state index contributed by atoms with van der Waals surface area (Å²) in [5.74, 6) is -0.701. The first-order valence-electron chi connectivity index (χ1n) is 5.45. The van der Waals surface area contributed by atoms with Crippen LogP contribution in [0.15, 0.2) is 12.1 Å². The molecule has 0 saturated carbocycles. The van der Waals surface area contributed by atoms with Crippen molar-refractivity contribution in [1.29, 1.82) is 0 Å². The Kier molecular flexibility index (Phi) is 3.10. The maximum atomic E-state index is 13.7. The van der Waals surface area contributed by atoms with Gasteiger partial charge in [0.05, 0.1) is 6.61 Å². The highest BCUT2D eigenvalue weighted by Gasteiger charge is 2.24. The Morgan fingerprint density at radius 2 is 2.00 bits per heavy atom. The van der Waals surface area contributed by atoms with Crippen LogP contribution in [0.3, 0.4) is 0 Å². The first kappa shape index (κ1) is 11.3. The van der Waals surface area contributed by atoms with E-state index < -0.39 is 11.6 Å². The molecule has 1 aliphatic heterocycles. The topological polar surface area (TPSA) is 23.5 Å². The summed E-state index contributed by atoms with van der Waals surface area (Å²) in [7, 11) is 0. The number of halogens is 2. The largest absolute Gasteiger partial charge is 0.392 e. The summed E-state index contributed by atoms with van der Waals surface area (Å²) in [5.41, 5.74) is 0.313. The Bertz CT molecular complexity index is 372. The molecule has 1 heterocycles. The summed E-state index contributed by atoms with van der Waals surface area (Å²) in [6.45, 7) is 3.10. The average molecular weight is 227 g/mol. The standard InChI is InChI=1S/C12H15F2NO/c1-8-2-3-15(6-8)12-10(13)4-9(7-16)5-11(12)14/h4-5,8,16H,2-3,6-7H2,1H3. The zero-order chi connectivity index (χ0) is 11.7. The van der Waals surface area contributed by atoms with E-state index in [2.05, 4.69) is 6.92 Å². The molecule has 1 aliphatic rings. The number of anilines is 1. The number of hydrogen-bond acceptors (Lipinski definition) is 2. The Hall–Kier alpha value is -1.16. The van der Waals surface area contributed by atoms with Crippen molar-refractivity contribution in [2.45, 2.75) is 20.0 Å². The molecule has 1 saturated heterocycles. The lowest BCUT2D eigenvalue weighted by Gasteiger charge is -2.20. The Morgan fingerprint density at radius 1 is 1.38 bits per heavy atom. The SMILES string of the molecule is CC1CCN(c2c(F)cc(CO)cc2F)C1. The summed E-state index contributed by atoms with van der Waals surface area (Å²) < 4.78 is 27.4. The normalized spacial score (nSPS) is 20.5. The fourth-order valence-electron chi connectivity index (χ4n) is 2.15. The van der Waals surface area contributed by atoms with Crippen molar-refractivity contribution in [2.75, 3.05) is 18.0 Å². The fraction of sp³-hybridized carbons (Fsp3) is 0.500. The van der Waals surface area contributed by atoms with Gasteiger partial charge in [0, 0.05) is 13.1 Å². The second-order valence-electron chi connectivity index (χ2n) is 4.41. The van der Waals surface area contributed by atoms with E-state index in [4.69, 9.17) is 5.11 Å². The molecule has 0 amide bonds. The molecule has 1 atom stereocenters. The number of hydrogen-bond donors (Lipinski definition) is 1. The molecule has 0 aromatic heterocycles. The highest BCUT2D eigenvalue weighted by Crippen LogP contribution is 2.29. The third-order valence-corrected chi connectivity index (χ3v) is 3.00. The molecule has 1 fully saturated rings. The van der Waals surface area contributed by atoms with Crippen molar-refractivity contribution in [1.82, 2.24) is 0 Å². The summed E-state index contributed by atoms with van der Waals surface area (Å²) in [6.07, 6.45) is 0.959.